The van der Waals surface area contributed by atoms with Gasteiger partial charge >= 0.3 is 0 Å². The molecular formula is C23H25N5O. The van der Waals surface area contributed by atoms with Gasteiger partial charge in [0.2, 0.25) is 0 Å². The van der Waals surface area contributed by atoms with Crippen LogP contribution >= 0.6 is 0 Å². The van der Waals surface area contributed by atoms with Crippen LogP contribution in [-0.4, -0.2) is 47.2 Å². The molecule has 1 saturated heterocycles. The third-order valence-corrected chi connectivity index (χ3v) is 5.13. The van der Waals surface area contributed by atoms with E-state index in [4.69, 9.17) is 0 Å². The van der Waals surface area contributed by atoms with Crippen LogP contribution in [0.1, 0.15) is 21.5 Å². The molecule has 2 heterocycles. The van der Waals surface area contributed by atoms with Gasteiger partial charge in [0.15, 0.2) is 11.6 Å². The van der Waals surface area contributed by atoms with Gasteiger partial charge in [0.1, 0.15) is 0 Å². The third-order valence-electron chi connectivity index (χ3n) is 5.13. The Kier molecular flexibility index (Phi) is 5.42. The van der Waals surface area contributed by atoms with E-state index in [2.05, 4.69) is 39.5 Å². The lowest BCUT2D eigenvalue weighted by Crippen LogP contribution is -2.49. The summed E-state index contributed by atoms with van der Waals surface area (Å²) in [5.74, 6) is 1.64. The molecule has 29 heavy (non-hydrogen) atoms. The van der Waals surface area contributed by atoms with E-state index in [0.29, 0.717) is 18.9 Å². The van der Waals surface area contributed by atoms with Gasteiger partial charge in [-0.05, 0) is 50.2 Å². The Balaban J connectivity index is 1.35. The lowest BCUT2D eigenvalue weighted by Gasteiger charge is -2.35. The summed E-state index contributed by atoms with van der Waals surface area (Å²) in [4.78, 5) is 16.8. The number of carbonyl (C=O) groups excluding carboxylic acids is 1. The SMILES string of the molecule is Cc1ccc(Nc2ccc(N3CCN(C(=O)c4cccc(C)c4)CC3)nn2)cc1. The standard InChI is InChI=1S/C23H25N5O/c1-17-6-8-20(9-7-17)24-21-10-11-22(26-25-21)27-12-14-28(15-13-27)23(29)19-5-3-4-18(2)16-19/h3-11,16H,12-15H2,1-2H3,(H,24,25). The molecule has 2 aromatic carbocycles. The number of rotatable bonds is 4. The zero-order valence-corrected chi connectivity index (χ0v) is 16.8. The van der Waals surface area contributed by atoms with Crippen LogP contribution in [0.4, 0.5) is 17.3 Å². The first-order chi connectivity index (χ1) is 14.1. The zero-order chi connectivity index (χ0) is 20.2. The van der Waals surface area contributed by atoms with Gasteiger partial charge in [-0.2, -0.15) is 0 Å². The normalized spacial score (nSPS) is 14.0. The fourth-order valence-electron chi connectivity index (χ4n) is 3.44. The Labute approximate surface area is 171 Å². The summed E-state index contributed by atoms with van der Waals surface area (Å²) in [5.41, 5.74) is 4.06. The molecular weight excluding hydrogens is 362 g/mol. The van der Waals surface area contributed by atoms with Gasteiger partial charge in [-0.1, -0.05) is 35.4 Å². The minimum atomic E-state index is 0.0945. The number of nitrogens with zero attached hydrogens (tertiary/aromatic N) is 4. The molecule has 1 aromatic heterocycles. The smallest absolute Gasteiger partial charge is 0.253 e. The summed E-state index contributed by atoms with van der Waals surface area (Å²) in [6.07, 6.45) is 0. The first-order valence-electron chi connectivity index (χ1n) is 9.87. The maximum atomic E-state index is 12.7. The van der Waals surface area contributed by atoms with Crippen molar-refractivity contribution in [2.45, 2.75) is 13.8 Å². The molecule has 0 atom stereocenters. The van der Waals surface area contributed by atoms with E-state index >= 15 is 0 Å². The molecule has 0 radical (unpaired) electrons. The summed E-state index contributed by atoms with van der Waals surface area (Å²) in [5, 5.41) is 11.9. The largest absolute Gasteiger partial charge is 0.352 e. The number of aryl methyl sites for hydroxylation is 2. The Morgan fingerprint density at radius 3 is 2.28 bits per heavy atom. The summed E-state index contributed by atoms with van der Waals surface area (Å²) in [7, 11) is 0. The van der Waals surface area contributed by atoms with Crippen LogP contribution in [-0.2, 0) is 0 Å². The van der Waals surface area contributed by atoms with Gasteiger partial charge in [-0.15, -0.1) is 10.2 Å². The average Bonchev–Trinajstić information content (AvgIpc) is 2.75. The lowest BCUT2D eigenvalue weighted by atomic mass is 10.1. The van der Waals surface area contributed by atoms with Crippen molar-refractivity contribution < 1.29 is 4.79 Å². The van der Waals surface area contributed by atoms with Crippen molar-refractivity contribution in [2.24, 2.45) is 0 Å². The molecule has 0 aliphatic carbocycles. The minimum Gasteiger partial charge on any atom is -0.352 e. The first-order valence-corrected chi connectivity index (χ1v) is 9.87. The molecule has 6 nitrogen and oxygen atoms in total. The summed E-state index contributed by atoms with van der Waals surface area (Å²) < 4.78 is 0. The minimum absolute atomic E-state index is 0.0945. The van der Waals surface area contributed by atoms with Gasteiger partial charge in [-0.25, -0.2) is 0 Å². The maximum absolute atomic E-state index is 12.7. The van der Waals surface area contributed by atoms with E-state index in [1.807, 2.05) is 60.4 Å². The second kappa shape index (κ2) is 8.31. The van der Waals surface area contributed by atoms with Crippen LogP contribution < -0.4 is 10.2 Å². The highest BCUT2D eigenvalue weighted by Crippen LogP contribution is 2.19. The lowest BCUT2D eigenvalue weighted by molar-refractivity contribution is 0.0746. The van der Waals surface area contributed by atoms with Crippen LogP contribution in [0.15, 0.2) is 60.7 Å². The fourth-order valence-corrected chi connectivity index (χ4v) is 3.44. The molecule has 0 spiro atoms. The molecule has 1 aliphatic rings. The number of amides is 1. The van der Waals surface area contributed by atoms with Crippen LogP contribution in [0.3, 0.4) is 0 Å². The summed E-state index contributed by atoms with van der Waals surface area (Å²) in [6, 6.07) is 19.8. The van der Waals surface area contributed by atoms with Gasteiger partial charge in [0.25, 0.3) is 5.91 Å². The highest BCUT2D eigenvalue weighted by atomic mass is 16.2. The molecule has 1 amide bonds. The van der Waals surface area contributed by atoms with E-state index in [1.165, 1.54) is 5.56 Å². The zero-order valence-electron chi connectivity index (χ0n) is 16.8. The predicted octanol–water partition coefficient (Wildman–Crippen LogP) is 3.80. The first kappa shape index (κ1) is 18.9. The number of hydrogen-bond donors (Lipinski definition) is 1. The molecule has 4 rings (SSSR count). The quantitative estimate of drug-likeness (QED) is 0.738. The maximum Gasteiger partial charge on any atom is 0.253 e. The van der Waals surface area contributed by atoms with Crippen LogP contribution in [0, 0.1) is 13.8 Å². The van der Waals surface area contributed by atoms with Gasteiger partial charge in [-0.3, -0.25) is 4.79 Å². The van der Waals surface area contributed by atoms with E-state index in [0.717, 1.165) is 35.7 Å². The van der Waals surface area contributed by atoms with Crippen molar-refractivity contribution in [2.75, 3.05) is 36.4 Å². The molecule has 0 unspecified atom stereocenters. The van der Waals surface area contributed by atoms with Crippen molar-refractivity contribution in [3.05, 3.63) is 77.4 Å². The van der Waals surface area contributed by atoms with Crippen molar-refractivity contribution in [3.8, 4) is 0 Å². The number of carbonyl (C=O) groups is 1. The predicted molar refractivity (Wildman–Crippen MR) is 116 cm³/mol. The topological polar surface area (TPSA) is 61.4 Å². The van der Waals surface area contributed by atoms with E-state index in [9.17, 15) is 4.79 Å². The average molecular weight is 387 g/mol. The molecule has 0 bridgehead atoms. The Morgan fingerprint density at radius 1 is 0.862 bits per heavy atom. The second-order valence-electron chi connectivity index (χ2n) is 7.42. The van der Waals surface area contributed by atoms with Crippen molar-refractivity contribution >= 4 is 23.2 Å². The molecule has 0 saturated carbocycles. The van der Waals surface area contributed by atoms with Crippen molar-refractivity contribution in [1.82, 2.24) is 15.1 Å². The van der Waals surface area contributed by atoms with Crippen LogP contribution in [0.5, 0.6) is 0 Å². The Morgan fingerprint density at radius 2 is 1.62 bits per heavy atom. The van der Waals surface area contributed by atoms with Crippen molar-refractivity contribution in [3.63, 3.8) is 0 Å². The summed E-state index contributed by atoms with van der Waals surface area (Å²) in [6.45, 7) is 6.92. The highest BCUT2D eigenvalue weighted by molar-refractivity contribution is 5.94. The molecule has 3 aromatic rings. The number of hydrogen-bond acceptors (Lipinski definition) is 5. The van der Waals surface area contributed by atoms with E-state index in [1.54, 1.807) is 0 Å². The number of anilines is 3. The number of nitrogens with one attached hydrogen (secondary N) is 1. The van der Waals surface area contributed by atoms with Gasteiger partial charge in [0.05, 0.1) is 0 Å². The third kappa shape index (κ3) is 4.54. The second-order valence-corrected chi connectivity index (χ2v) is 7.42. The molecule has 1 N–H and O–H groups in total. The highest BCUT2D eigenvalue weighted by Gasteiger charge is 2.23. The number of benzene rings is 2. The van der Waals surface area contributed by atoms with Crippen LogP contribution in [0.2, 0.25) is 0 Å². The Hall–Kier alpha value is -3.41. The van der Waals surface area contributed by atoms with Gasteiger partial charge in [0, 0.05) is 37.4 Å². The molecule has 6 heteroatoms. The fraction of sp³-hybridized carbons (Fsp3) is 0.261. The van der Waals surface area contributed by atoms with Crippen molar-refractivity contribution in [1.29, 1.82) is 0 Å². The van der Waals surface area contributed by atoms with Crippen LogP contribution in [0.25, 0.3) is 0 Å². The van der Waals surface area contributed by atoms with E-state index in [-0.39, 0.29) is 5.91 Å². The molecule has 148 valence electrons. The molecule has 1 fully saturated rings. The number of aromatic nitrogens is 2. The van der Waals surface area contributed by atoms with E-state index < -0.39 is 0 Å². The summed E-state index contributed by atoms with van der Waals surface area (Å²) >= 11 is 0. The molecule has 1 aliphatic heterocycles. The number of piperazine rings is 1. The monoisotopic (exact) mass is 387 g/mol. The van der Waals surface area contributed by atoms with Gasteiger partial charge < -0.3 is 15.1 Å². The Bertz CT molecular complexity index is 977.